The van der Waals surface area contributed by atoms with Gasteiger partial charge in [-0.1, -0.05) is 11.2 Å². The minimum absolute atomic E-state index is 0.0193. The summed E-state index contributed by atoms with van der Waals surface area (Å²) in [5.74, 6) is 0.408. The second-order valence-electron chi connectivity index (χ2n) is 4.68. The second kappa shape index (κ2) is 6.18. The molecular weight excluding hydrogens is 308 g/mol. The lowest BCUT2D eigenvalue weighted by atomic mass is 10.3. The molecule has 0 saturated carbocycles. The van der Waals surface area contributed by atoms with Gasteiger partial charge in [-0.05, 0) is 32.0 Å². The number of amides is 1. The van der Waals surface area contributed by atoms with E-state index in [4.69, 9.17) is 9.26 Å². The van der Waals surface area contributed by atoms with Crippen molar-refractivity contribution in [3.8, 4) is 5.75 Å². The minimum Gasteiger partial charge on any atom is -0.497 e. The molecule has 8 heteroatoms. The van der Waals surface area contributed by atoms with Gasteiger partial charge in [-0.25, -0.2) is 8.42 Å². The average Bonchev–Trinajstić information content (AvgIpc) is 2.91. The van der Waals surface area contributed by atoms with Gasteiger partial charge in [0.1, 0.15) is 16.8 Å². The monoisotopic (exact) mass is 324 g/mol. The van der Waals surface area contributed by atoms with Crippen LogP contribution in [0.4, 0.5) is 5.82 Å². The SMILES string of the molecule is COc1cccc(S(=O)(=O)C(C)C(=O)Nc2cc(C)on2)c1. The van der Waals surface area contributed by atoms with Crippen molar-refractivity contribution in [1.29, 1.82) is 0 Å². The summed E-state index contributed by atoms with van der Waals surface area (Å²) in [5, 5.41) is 4.73. The van der Waals surface area contributed by atoms with Crippen molar-refractivity contribution in [1.82, 2.24) is 5.16 Å². The van der Waals surface area contributed by atoms with Crippen LogP contribution in [0.5, 0.6) is 5.75 Å². The Hall–Kier alpha value is -2.35. The fourth-order valence-corrected chi connectivity index (χ4v) is 3.07. The van der Waals surface area contributed by atoms with Gasteiger partial charge in [0.05, 0.1) is 12.0 Å². The number of hydrogen-bond acceptors (Lipinski definition) is 6. The van der Waals surface area contributed by atoms with Crippen LogP contribution >= 0.6 is 0 Å². The van der Waals surface area contributed by atoms with Crippen LogP contribution < -0.4 is 10.1 Å². The fourth-order valence-electron chi connectivity index (χ4n) is 1.78. The summed E-state index contributed by atoms with van der Waals surface area (Å²) in [5.41, 5.74) is 0. The molecule has 1 aromatic carbocycles. The molecule has 0 saturated heterocycles. The molecule has 0 bridgehead atoms. The summed E-state index contributed by atoms with van der Waals surface area (Å²) in [4.78, 5) is 12.1. The lowest BCUT2D eigenvalue weighted by Gasteiger charge is -2.12. The van der Waals surface area contributed by atoms with E-state index in [1.54, 1.807) is 19.1 Å². The third-order valence-electron chi connectivity index (χ3n) is 3.08. The second-order valence-corrected chi connectivity index (χ2v) is 6.95. The number of methoxy groups -OCH3 is 1. The van der Waals surface area contributed by atoms with E-state index in [9.17, 15) is 13.2 Å². The van der Waals surface area contributed by atoms with Gasteiger partial charge in [0.15, 0.2) is 15.7 Å². The smallest absolute Gasteiger partial charge is 0.244 e. The minimum atomic E-state index is -3.83. The standard InChI is InChI=1S/C14H16N2O5S/c1-9-7-13(16-21-9)15-14(17)10(2)22(18,19)12-6-4-5-11(8-12)20-3/h4-8,10H,1-3H3,(H,15,16,17). The molecule has 1 heterocycles. The van der Waals surface area contributed by atoms with Crippen molar-refractivity contribution in [2.75, 3.05) is 12.4 Å². The Kier molecular flexibility index (Phi) is 4.51. The first-order valence-corrected chi connectivity index (χ1v) is 8.01. The number of hydrogen-bond donors (Lipinski definition) is 1. The molecule has 0 radical (unpaired) electrons. The summed E-state index contributed by atoms with van der Waals surface area (Å²) in [6, 6.07) is 7.48. The van der Waals surface area contributed by atoms with Crippen LogP contribution in [0.15, 0.2) is 39.8 Å². The van der Waals surface area contributed by atoms with Gasteiger partial charge >= 0.3 is 0 Å². The average molecular weight is 324 g/mol. The molecule has 2 aromatic rings. The van der Waals surface area contributed by atoms with E-state index < -0.39 is 21.0 Å². The van der Waals surface area contributed by atoms with E-state index in [-0.39, 0.29) is 10.7 Å². The first-order valence-electron chi connectivity index (χ1n) is 6.46. The molecule has 0 aliphatic heterocycles. The Morgan fingerprint density at radius 1 is 1.36 bits per heavy atom. The van der Waals surface area contributed by atoms with Crippen LogP contribution in [0.1, 0.15) is 12.7 Å². The summed E-state index contributed by atoms with van der Waals surface area (Å²) < 4.78 is 34.8. The van der Waals surface area contributed by atoms with Crippen molar-refractivity contribution in [3.63, 3.8) is 0 Å². The third-order valence-corrected chi connectivity index (χ3v) is 5.14. The predicted molar refractivity (Wildman–Crippen MR) is 79.5 cm³/mol. The van der Waals surface area contributed by atoms with E-state index in [0.717, 1.165) is 0 Å². The lowest BCUT2D eigenvalue weighted by molar-refractivity contribution is -0.115. The van der Waals surface area contributed by atoms with Gasteiger partial charge in [-0.2, -0.15) is 0 Å². The number of anilines is 1. The zero-order chi connectivity index (χ0) is 16.3. The number of carbonyl (C=O) groups is 1. The number of aromatic nitrogens is 1. The van der Waals surface area contributed by atoms with Gasteiger partial charge in [0.2, 0.25) is 5.91 Å². The normalized spacial score (nSPS) is 12.7. The van der Waals surface area contributed by atoms with Crippen LogP contribution in [-0.4, -0.2) is 31.8 Å². The maximum atomic E-state index is 12.5. The van der Waals surface area contributed by atoms with Crippen LogP contribution in [0.25, 0.3) is 0 Å². The lowest BCUT2D eigenvalue weighted by Crippen LogP contribution is -2.32. The molecule has 2 rings (SSSR count). The molecule has 1 atom stereocenters. The molecule has 22 heavy (non-hydrogen) atoms. The molecule has 0 aliphatic rings. The maximum absolute atomic E-state index is 12.5. The van der Waals surface area contributed by atoms with Crippen LogP contribution in [0.2, 0.25) is 0 Å². The zero-order valence-corrected chi connectivity index (χ0v) is 13.2. The van der Waals surface area contributed by atoms with E-state index in [1.165, 1.54) is 32.2 Å². The topological polar surface area (TPSA) is 98.5 Å². The third kappa shape index (κ3) is 3.28. The molecule has 1 aromatic heterocycles. The predicted octanol–water partition coefficient (Wildman–Crippen LogP) is 1.79. The Labute approximate surface area is 128 Å². The van der Waals surface area contributed by atoms with Gasteiger partial charge in [0, 0.05) is 6.07 Å². The number of nitrogens with one attached hydrogen (secondary N) is 1. The molecule has 1 amide bonds. The molecular formula is C14H16N2O5S. The van der Waals surface area contributed by atoms with Crippen molar-refractivity contribution < 1.29 is 22.5 Å². The number of ether oxygens (including phenoxy) is 1. The molecule has 7 nitrogen and oxygen atoms in total. The van der Waals surface area contributed by atoms with Crippen LogP contribution in [0, 0.1) is 6.92 Å². The van der Waals surface area contributed by atoms with E-state index in [1.807, 2.05) is 0 Å². The van der Waals surface area contributed by atoms with Crippen molar-refractivity contribution in [2.45, 2.75) is 24.0 Å². The van der Waals surface area contributed by atoms with Gasteiger partial charge < -0.3 is 14.6 Å². The summed E-state index contributed by atoms with van der Waals surface area (Å²) >= 11 is 0. The van der Waals surface area contributed by atoms with Crippen molar-refractivity contribution in [3.05, 3.63) is 36.1 Å². The highest BCUT2D eigenvalue weighted by Crippen LogP contribution is 2.22. The largest absolute Gasteiger partial charge is 0.497 e. The van der Waals surface area contributed by atoms with E-state index >= 15 is 0 Å². The highest BCUT2D eigenvalue weighted by atomic mass is 32.2. The maximum Gasteiger partial charge on any atom is 0.244 e. The molecule has 0 fully saturated rings. The number of rotatable bonds is 5. The van der Waals surface area contributed by atoms with E-state index in [0.29, 0.717) is 11.5 Å². The number of nitrogens with zero attached hydrogens (tertiary/aromatic N) is 1. The van der Waals surface area contributed by atoms with Crippen molar-refractivity contribution in [2.24, 2.45) is 0 Å². The molecule has 0 aliphatic carbocycles. The van der Waals surface area contributed by atoms with Gasteiger partial charge in [-0.3, -0.25) is 4.79 Å². The number of aryl methyl sites for hydroxylation is 1. The first kappa shape index (κ1) is 16.0. The molecule has 118 valence electrons. The van der Waals surface area contributed by atoms with Crippen LogP contribution in [0.3, 0.4) is 0 Å². The Bertz CT molecular complexity index is 782. The summed E-state index contributed by atoms with van der Waals surface area (Å²) in [7, 11) is -2.40. The zero-order valence-electron chi connectivity index (χ0n) is 12.4. The summed E-state index contributed by atoms with van der Waals surface area (Å²) in [6.45, 7) is 2.98. The van der Waals surface area contributed by atoms with Crippen molar-refractivity contribution >= 4 is 21.6 Å². The number of benzene rings is 1. The molecule has 1 unspecified atom stereocenters. The molecule has 1 N–H and O–H groups in total. The number of sulfone groups is 1. The van der Waals surface area contributed by atoms with E-state index in [2.05, 4.69) is 10.5 Å². The Morgan fingerprint density at radius 3 is 2.68 bits per heavy atom. The van der Waals surface area contributed by atoms with Gasteiger partial charge in [-0.15, -0.1) is 0 Å². The highest BCUT2D eigenvalue weighted by Gasteiger charge is 2.30. The molecule has 0 spiro atoms. The Balaban J connectivity index is 2.22. The summed E-state index contributed by atoms with van der Waals surface area (Å²) in [6.07, 6.45) is 0. The van der Waals surface area contributed by atoms with Crippen LogP contribution in [-0.2, 0) is 14.6 Å². The first-order chi connectivity index (χ1) is 10.3. The highest BCUT2D eigenvalue weighted by molar-refractivity contribution is 7.92. The quantitative estimate of drug-likeness (QED) is 0.900. The number of carbonyl (C=O) groups excluding carboxylic acids is 1. The van der Waals surface area contributed by atoms with Gasteiger partial charge in [0.25, 0.3) is 0 Å². The fraction of sp³-hybridized carbons (Fsp3) is 0.286. The Morgan fingerprint density at radius 2 is 2.09 bits per heavy atom.